The summed E-state index contributed by atoms with van der Waals surface area (Å²) in [5.74, 6) is -0.120. The molecule has 26 heavy (non-hydrogen) atoms. The number of hydrogen-bond donors (Lipinski definition) is 6. The summed E-state index contributed by atoms with van der Waals surface area (Å²) in [6.45, 7) is 2.82. The van der Waals surface area contributed by atoms with Crippen LogP contribution in [0.4, 0.5) is 11.4 Å². The van der Waals surface area contributed by atoms with Crippen LogP contribution in [0.5, 0.6) is 0 Å². The van der Waals surface area contributed by atoms with Gasteiger partial charge in [-0.2, -0.15) is 0 Å². The highest BCUT2D eigenvalue weighted by molar-refractivity contribution is 7.99. The van der Waals surface area contributed by atoms with E-state index in [0.717, 1.165) is 19.4 Å². The zero-order valence-corrected chi connectivity index (χ0v) is 16.3. The van der Waals surface area contributed by atoms with Crippen molar-refractivity contribution < 1.29 is 0 Å². The molecule has 0 unspecified atom stereocenters. The van der Waals surface area contributed by atoms with Gasteiger partial charge in [0.25, 0.3) is 0 Å². The van der Waals surface area contributed by atoms with E-state index in [1.807, 2.05) is 11.8 Å². The van der Waals surface area contributed by atoms with Crippen LogP contribution in [0.3, 0.4) is 0 Å². The number of nitrogens with two attached hydrogens (primary N) is 1. The number of nitrogens with one attached hydrogen (secondary N) is 5. The highest BCUT2D eigenvalue weighted by Gasteiger charge is 2.13. The second kappa shape index (κ2) is 11.3. The van der Waals surface area contributed by atoms with Crippen LogP contribution in [-0.2, 0) is 0 Å². The highest BCUT2D eigenvalue weighted by atomic mass is 35.5. The number of hydrogen-bond acceptors (Lipinski definition) is 4. The van der Waals surface area contributed by atoms with Gasteiger partial charge in [-0.05, 0) is 30.7 Å². The van der Waals surface area contributed by atoms with Gasteiger partial charge < -0.3 is 16.4 Å². The van der Waals surface area contributed by atoms with E-state index >= 15 is 0 Å². The number of anilines is 2. The Morgan fingerprint density at radius 2 is 1.58 bits per heavy atom. The molecular formula is C18H25ClN6S. The smallest absolute Gasteiger partial charge is 0.195 e. The molecule has 0 radical (unpaired) electrons. The van der Waals surface area contributed by atoms with Gasteiger partial charge in [0.05, 0.1) is 11.4 Å². The van der Waals surface area contributed by atoms with Crippen LogP contribution in [0.1, 0.15) is 19.8 Å². The summed E-state index contributed by atoms with van der Waals surface area (Å²) in [7, 11) is 0. The van der Waals surface area contributed by atoms with Gasteiger partial charge in [-0.1, -0.05) is 49.4 Å². The van der Waals surface area contributed by atoms with Crippen LogP contribution < -0.4 is 21.7 Å². The molecule has 0 saturated heterocycles. The SMILES string of the molecule is CCCCNC(=N)NC(=N)N.Cl.c1ccc2c(c1)Nc1ccccc1S2. The second-order valence-corrected chi connectivity index (χ2v) is 6.50. The molecule has 0 saturated carbocycles. The number of unbranched alkanes of at least 4 members (excludes halogenated alkanes) is 1. The maximum atomic E-state index is 7.15. The molecule has 3 rings (SSSR count). The molecule has 1 heterocycles. The third-order valence-electron chi connectivity index (χ3n) is 3.36. The monoisotopic (exact) mass is 392 g/mol. The van der Waals surface area contributed by atoms with E-state index in [0.29, 0.717) is 0 Å². The molecule has 0 atom stereocenters. The van der Waals surface area contributed by atoms with E-state index in [-0.39, 0.29) is 24.3 Å². The van der Waals surface area contributed by atoms with Crippen molar-refractivity contribution in [2.75, 3.05) is 11.9 Å². The molecule has 0 aliphatic carbocycles. The number of halogens is 1. The molecule has 0 aromatic heterocycles. The Balaban J connectivity index is 0.000000260. The number of fused-ring (bicyclic) bond motifs is 2. The lowest BCUT2D eigenvalue weighted by molar-refractivity contribution is 0.744. The van der Waals surface area contributed by atoms with Crippen molar-refractivity contribution in [3.8, 4) is 0 Å². The molecule has 1 aliphatic heterocycles. The summed E-state index contributed by atoms with van der Waals surface area (Å²) in [5, 5.41) is 22.5. The van der Waals surface area contributed by atoms with Gasteiger partial charge in [-0.15, -0.1) is 12.4 Å². The van der Waals surface area contributed by atoms with Gasteiger partial charge in [0.15, 0.2) is 11.9 Å². The lowest BCUT2D eigenvalue weighted by Crippen LogP contribution is -2.43. The minimum atomic E-state index is -0.209. The van der Waals surface area contributed by atoms with E-state index in [9.17, 15) is 0 Å². The Kier molecular flexibility index (Phi) is 9.40. The van der Waals surface area contributed by atoms with Crippen molar-refractivity contribution in [2.45, 2.75) is 29.6 Å². The molecular weight excluding hydrogens is 368 g/mol. The summed E-state index contributed by atoms with van der Waals surface area (Å²) < 4.78 is 0. The highest BCUT2D eigenvalue weighted by Crippen LogP contribution is 2.43. The average Bonchev–Trinajstić information content (AvgIpc) is 2.60. The van der Waals surface area contributed by atoms with Crippen molar-refractivity contribution in [3.63, 3.8) is 0 Å². The number of para-hydroxylation sites is 2. The summed E-state index contributed by atoms with van der Waals surface area (Å²) in [6, 6.07) is 16.8. The molecule has 7 N–H and O–H groups in total. The lowest BCUT2D eigenvalue weighted by Gasteiger charge is -2.19. The largest absolute Gasteiger partial charge is 0.370 e. The zero-order chi connectivity index (χ0) is 18.1. The minimum absolute atomic E-state index is 0. The standard InChI is InChI=1S/C12H9NS.C6H15N5.ClH/c1-3-7-11-9(5-1)13-10-6-2-4-8-12(10)14-11;1-2-3-4-10-6(9)11-5(7)8;/h1-8,13H;2-4H2,1H3,(H6,7,8,9,10,11);1H. The third-order valence-corrected chi connectivity index (χ3v) is 4.51. The fourth-order valence-corrected chi connectivity index (χ4v) is 3.14. The quantitative estimate of drug-likeness (QED) is 0.228. The summed E-state index contributed by atoms with van der Waals surface area (Å²) in [5.41, 5.74) is 7.40. The first kappa shape index (κ1) is 21.7. The lowest BCUT2D eigenvalue weighted by atomic mass is 10.2. The molecule has 0 spiro atoms. The summed E-state index contributed by atoms with van der Waals surface area (Å²) in [6.07, 6.45) is 2.10. The van der Waals surface area contributed by atoms with Gasteiger partial charge >= 0.3 is 0 Å². The fourth-order valence-electron chi connectivity index (χ4n) is 2.15. The van der Waals surface area contributed by atoms with Crippen molar-refractivity contribution in [2.24, 2.45) is 5.73 Å². The van der Waals surface area contributed by atoms with E-state index in [4.69, 9.17) is 16.6 Å². The summed E-state index contributed by atoms with van der Waals surface area (Å²) >= 11 is 1.82. The molecule has 8 heteroatoms. The molecule has 6 nitrogen and oxygen atoms in total. The van der Waals surface area contributed by atoms with Crippen molar-refractivity contribution in [1.29, 1.82) is 10.8 Å². The molecule has 1 aliphatic rings. The molecule has 2 aromatic rings. The molecule has 0 fully saturated rings. The topological polar surface area (TPSA) is 110 Å². The van der Waals surface area contributed by atoms with Crippen LogP contribution in [0.15, 0.2) is 58.3 Å². The van der Waals surface area contributed by atoms with E-state index in [1.165, 1.54) is 21.2 Å². The maximum Gasteiger partial charge on any atom is 0.195 e. The van der Waals surface area contributed by atoms with Crippen LogP contribution in [0.2, 0.25) is 0 Å². The van der Waals surface area contributed by atoms with E-state index in [2.05, 4.69) is 71.4 Å². The second-order valence-electron chi connectivity index (χ2n) is 5.41. The van der Waals surface area contributed by atoms with Crippen molar-refractivity contribution >= 4 is 47.5 Å². The van der Waals surface area contributed by atoms with Gasteiger partial charge in [-0.25, -0.2) is 0 Å². The molecule has 0 bridgehead atoms. The van der Waals surface area contributed by atoms with Gasteiger partial charge in [-0.3, -0.25) is 16.1 Å². The fraction of sp³-hybridized carbons (Fsp3) is 0.222. The van der Waals surface area contributed by atoms with Crippen LogP contribution in [-0.4, -0.2) is 18.5 Å². The van der Waals surface area contributed by atoms with Gasteiger partial charge in [0, 0.05) is 16.3 Å². The number of rotatable bonds is 3. The first-order valence-electron chi connectivity index (χ1n) is 8.16. The predicted octanol–water partition coefficient (Wildman–Crippen LogP) is 4.11. The normalized spacial score (nSPS) is 10.5. The van der Waals surface area contributed by atoms with E-state index < -0.39 is 0 Å². The van der Waals surface area contributed by atoms with Gasteiger partial charge in [0.1, 0.15) is 0 Å². The number of benzene rings is 2. The Bertz CT molecular complexity index is 650. The van der Waals surface area contributed by atoms with Gasteiger partial charge in [0.2, 0.25) is 0 Å². The summed E-state index contributed by atoms with van der Waals surface area (Å²) in [4.78, 5) is 2.59. The number of guanidine groups is 2. The molecule has 2 aromatic carbocycles. The van der Waals surface area contributed by atoms with Crippen LogP contribution in [0, 0.1) is 10.8 Å². The predicted molar refractivity (Wildman–Crippen MR) is 113 cm³/mol. The maximum absolute atomic E-state index is 7.15. The Hall–Kier alpha value is -2.38. The first-order chi connectivity index (χ1) is 12.1. The Morgan fingerprint density at radius 1 is 1.04 bits per heavy atom. The Morgan fingerprint density at radius 3 is 2.08 bits per heavy atom. The molecule has 0 amide bonds. The minimum Gasteiger partial charge on any atom is -0.370 e. The van der Waals surface area contributed by atoms with Crippen LogP contribution in [0.25, 0.3) is 0 Å². The molecule has 140 valence electrons. The first-order valence-corrected chi connectivity index (χ1v) is 8.98. The zero-order valence-electron chi connectivity index (χ0n) is 14.6. The van der Waals surface area contributed by atoms with Crippen LogP contribution >= 0.6 is 24.2 Å². The Labute approximate surface area is 164 Å². The van der Waals surface area contributed by atoms with Crippen molar-refractivity contribution in [3.05, 3.63) is 48.5 Å². The van der Waals surface area contributed by atoms with E-state index in [1.54, 1.807) is 0 Å². The average molecular weight is 393 g/mol. The van der Waals surface area contributed by atoms with Crippen molar-refractivity contribution in [1.82, 2.24) is 10.6 Å². The third kappa shape index (κ3) is 6.85.